The maximum Gasteiger partial charge on any atom is 0.250 e. The van der Waals surface area contributed by atoms with Crippen LogP contribution in [0.15, 0.2) is 45.3 Å². The van der Waals surface area contributed by atoms with Crippen LogP contribution in [0.1, 0.15) is 5.56 Å². The summed E-state index contributed by atoms with van der Waals surface area (Å²) in [6, 6.07) is 7.62. The predicted octanol–water partition coefficient (Wildman–Crippen LogP) is 1.82. The number of carbonyl (C=O) groups excluding carboxylic acids is 1. The molecule has 1 heterocycles. The van der Waals surface area contributed by atoms with Gasteiger partial charge in [0, 0.05) is 17.1 Å². The van der Waals surface area contributed by atoms with Crippen LogP contribution in [-0.2, 0) is 11.8 Å². The average molecular weight is 354 g/mol. The Morgan fingerprint density at radius 3 is 3.05 bits per heavy atom. The fourth-order valence-corrected chi connectivity index (χ4v) is 2.39. The van der Waals surface area contributed by atoms with Crippen LogP contribution in [0, 0.1) is 0 Å². The lowest BCUT2D eigenvalue weighted by molar-refractivity contribution is -0.118. The molecule has 0 atom stereocenters. The number of nitrogens with zero attached hydrogens (tertiary/aromatic N) is 4. The van der Waals surface area contributed by atoms with Crippen molar-refractivity contribution < 1.29 is 4.79 Å². The van der Waals surface area contributed by atoms with Gasteiger partial charge in [0.15, 0.2) is 5.16 Å². The second kappa shape index (κ2) is 7.20. The number of hydrazone groups is 1. The Labute approximate surface area is 128 Å². The lowest BCUT2D eigenvalue weighted by atomic mass is 10.2. The van der Waals surface area contributed by atoms with Crippen molar-refractivity contribution in [3.63, 3.8) is 0 Å². The fraction of sp³-hybridized carbons (Fsp3) is 0.167. The monoisotopic (exact) mass is 353 g/mol. The molecule has 0 radical (unpaired) electrons. The van der Waals surface area contributed by atoms with E-state index >= 15 is 0 Å². The maximum atomic E-state index is 11.6. The SMILES string of the molecule is Cn1cnnc1SCC(=O)N/N=C/c1ccccc1Br. The minimum Gasteiger partial charge on any atom is -0.312 e. The molecule has 2 aromatic rings. The first kappa shape index (κ1) is 14.7. The second-order valence-corrected chi connectivity index (χ2v) is 5.62. The van der Waals surface area contributed by atoms with E-state index in [4.69, 9.17) is 0 Å². The van der Waals surface area contributed by atoms with E-state index in [1.165, 1.54) is 11.8 Å². The zero-order chi connectivity index (χ0) is 14.4. The molecule has 104 valence electrons. The molecule has 2 rings (SSSR count). The summed E-state index contributed by atoms with van der Waals surface area (Å²) in [4.78, 5) is 11.6. The number of halogens is 1. The number of thioether (sulfide) groups is 1. The van der Waals surface area contributed by atoms with E-state index < -0.39 is 0 Å². The van der Waals surface area contributed by atoms with E-state index in [9.17, 15) is 4.79 Å². The van der Waals surface area contributed by atoms with Crippen LogP contribution in [0.25, 0.3) is 0 Å². The molecule has 0 saturated heterocycles. The van der Waals surface area contributed by atoms with Crippen molar-refractivity contribution in [3.05, 3.63) is 40.6 Å². The molecule has 0 aliphatic rings. The molecule has 1 aromatic heterocycles. The molecule has 0 aliphatic carbocycles. The van der Waals surface area contributed by atoms with Gasteiger partial charge in [-0.15, -0.1) is 10.2 Å². The molecule has 0 saturated carbocycles. The van der Waals surface area contributed by atoms with Gasteiger partial charge in [0.2, 0.25) is 0 Å². The summed E-state index contributed by atoms with van der Waals surface area (Å²) < 4.78 is 2.67. The van der Waals surface area contributed by atoms with Crippen molar-refractivity contribution in [2.24, 2.45) is 12.1 Å². The number of nitrogens with one attached hydrogen (secondary N) is 1. The molecule has 1 aromatic carbocycles. The smallest absolute Gasteiger partial charge is 0.250 e. The molecule has 1 N–H and O–H groups in total. The van der Waals surface area contributed by atoms with Crippen molar-refractivity contribution >= 4 is 39.8 Å². The Morgan fingerprint density at radius 1 is 1.55 bits per heavy atom. The number of benzene rings is 1. The van der Waals surface area contributed by atoms with Gasteiger partial charge in [0.25, 0.3) is 5.91 Å². The van der Waals surface area contributed by atoms with Gasteiger partial charge in [-0.3, -0.25) is 4.79 Å². The molecule has 0 bridgehead atoms. The van der Waals surface area contributed by atoms with Gasteiger partial charge in [-0.1, -0.05) is 45.9 Å². The van der Waals surface area contributed by atoms with E-state index in [0.717, 1.165) is 10.0 Å². The first-order chi connectivity index (χ1) is 9.66. The second-order valence-electron chi connectivity index (χ2n) is 3.83. The van der Waals surface area contributed by atoms with E-state index in [1.807, 2.05) is 31.3 Å². The van der Waals surface area contributed by atoms with E-state index in [1.54, 1.807) is 17.1 Å². The van der Waals surface area contributed by atoms with Gasteiger partial charge in [0.1, 0.15) is 6.33 Å². The van der Waals surface area contributed by atoms with E-state index in [0.29, 0.717) is 5.16 Å². The highest BCUT2D eigenvalue weighted by Crippen LogP contribution is 2.14. The molecule has 0 fully saturated rings. The van der Waals surface area contributed by atoms with Crippen molar-refractivity contribution in [1.29, 1.82) is 0 Å². The summed E-state index contributed by atoms with van der Waals surface area (Å²) in [5, 5.41) is 12.2. The Morgan fingerprint density at radius 2 is 2.35 bits per heavy atom. The summed E-state index contributed by atoms with van der Waals surface area (Å²) in [6.07, 6.45) is 3.18. The summed E-state index contributed by atoms with van der Waals surface area (Å²) in [5.74, 6) is 0.0427. The molecule has 0 unspecified atom stereocenters. The third kappa shape index (κ3) is 4.17. The summed E-state index contributed by atoms with van der Waals surface area (Å²) >= 11 is 4.71. The lowest BCUT2D eigenvalue weighted by Crippen LogP contribution is -2.19. The summed E-state index contributed by atoms with van der Waals surface area (Å²) in [5.41, 5.74) is 3.37. The third-order valence-electron chi connectivity index (χ3n) is 2.30. The Hall–Kier alpha value is -1.67. The van der Waals surface area contributed by atoms with E-state index in [-0.39, 0.29) is 11.7 Å². The van der Waals surface area contributed by atoms with Crippen LogP contribution in [0.4, 0.5) is 0 Å². The standard InChI is InChI=1S/C12H12BrN5OS/c1-18-8-15-17-12(18)20-7-11(19)16-14-6-9-4-2-3-5-10(9)13/h2-6,8H,7H2,1H3,(H,16,19)/b14-6+. The molecular weight excluding hydrogens is 342 g/mol. The Kier molecular flexibility index (Phi) is 5.31. The fourth-order valence-electron chi connectivity index (χ4n) is 1.32. The first-order valence-electron chi connectivity index (χ1n) is 5.70. The van der Waals surface area contributed by atoms with Crippen LogP contribution in [0.5, 0.6) is 0 Å². The normalized spacial score (nSPS) is 10.9. The van der Waals surface area contributed by atoms with Gasteiger partial charge in [-0.05, 0) is 6.07 Å². The largest absolute Gasteiger partial charge is 0.312 e. The van der Waals surface area contributed by atoms with Gasteiger partial charge >= 0.3 is 0 Å². The highest BCUT2D eigenvalue weighted by atomic mass is 79.9. The third-order valence-corrected chi connectivity index (χ3v) is 4.06. The van der Waals surface area contributed by atoms with Gasteiger partial charge in [-0.2, -0.15) is 5.10 Å². The number of aromatic nitrogens is 3. The molecule has 0 aliphatic heterocycles. The number of rotatable bonds is 5. The number of hydrogen-bond acceptors (Lipinski definition) is 5. The molecule has 6 nitrogen and oxygen atoms in total. The van der Waals surface area contributed by atoms with Gasteiger partial charge in [0.05, 0.1) is 12.0 Å². The van der Waals surface area contributed by atoms with Crippen molar-refractivity contribution in [2.45, 2.75) is 5.16 Å². The highest BCUT2D eigenvalue weighted by Gasteiger charge is 2.05. The molecule has 0 spiro atoms. The maximum absolute atomic E-state index is 11.6. The number of aryl methyl sites for hydroxylation is 1. The van der Waals surface area contributed by atoms with Crippen LogP contribution < -0.4 is 5.43 Å². The summed E-state index contributed by atoms with van der Waals surface area (Å²) in [6.45, 7) is 0. The van der Waals surface area contributed by atoms with Gasteiger partial charge < -0.3 is 4.57 Å². The number of amides is 1. The quantitative estimate of drug-likeness (QED) is 0.505. The zero-order valence-corrected chi connectivity index (χ0v) is 13.1. The van der Waals surface area contributed by atoms with E-state index in [2.05, 4.69) is 36.7 Å². The number of hydrogen-bond donors (Lipinski definition) is 1. The minimum absolute atomic E-state index is 0.193. The Balaban J connectivity index is 1.81. The van der Waals surface area contributed by atoms with Crippen LogP contribution in [0.2, 0.25) is 0 Å². The molecule has 1 amide bonds. The zero-order valence-electron chi connectivity index (χ0n) is 10.7. The Bertz CT molecular complexity index is 628. The topological polar surface area (TPSA) is 72.2 Å². The minimum atomic E-state index is -0.193. The van der Waals surface area contributed by atoms with Crippen LogP contribution >= 0.6 is 27.7 Å². The number of carbonyl (C=O) groups is 1. The van der Waals surface area contributed by atoms with Crippen LogP contribution in [0.3, 0.4) is 0 Å². The first-order valence-corrected chi connectivity index (χ1v) is 7.48. The average Bonchev–Trinajstić information content (AvgIpc) is 2.84. The molecule has 20 heavy (non-hydrogen) atoms. The highest BCUT2D eigenvalue weighted by molar-refractivity contribution is 9.10. The van der Waals surface area contributed by atoms with Crippen molar-refractivity contribution in [3.8, 4) is 0 Å². The lowest BCUT2D eigenvalue weighted by Gasteiger charge is -2.00. The van der Waals surface area contributed by atoms with Crippen molar-refractivity contribution in [1.82, 2.24) is 20.2 Å². The van der Waals surface area contributed by atoms with Crippen LogP contribution in [-0.4, -0.2) is 32.6 Å². The summed E-state index contributed by atoms with van der Waals surface area (Å²) in [7, 11) is 1.82. The van der Waals surface area contributed by atoms with Gasteiger partial charge in [-0.25, -0.2) is 5.43 Å². The molecule has 8 heteroatoms. The molecular formula is C12H12BrN5OS. The predicted molar refractivity (Wildman–Crippen MR) is 81.6 cm³/mol. The van der Waals surface area contributed by atoms with Crippen molar-refractivity contribution in [2.75, 3.05) is 5.75 Å².